The van der Waals surface area contributed by atoms with E-state index in [0.717, 1.165) is 5.56 Å². The van der Waals surface area contributed by atoms with Gasteiger partial charge in [0, 0.05) is 6.54 Å². The molecule has 0 aliphatic carbocycles. The van der Waals surface area contributed by atoms with E-state index in [0.29, 0.717) is 13.0 Å². The van der Waals surface area contributed by atoms with Crippen molar-refractivity contribution in [2.24, 2.45) is 0 Å². The van der Waals surface area contributed by atoms with Crippen molar-refractivity contribution in [3.63, 3.8) is 0 Å². The number of benzene rings is 1. The van der Waals surface area contributed by atoms with Gasteiger partial charge in [0.2, 0.25) is 0 Å². The van der Waals surface area contributed by atoms with Gasteiger partial charge in [-0.15, -0.1) is 0 Å². The first-order valence-electron chi connectivity index (χ1n) is 4.40. The Morgan fingerprint density at radius 2 is 1.65 bits per heavy atom. The summed E-state index contributed by atoms with van der Waals surface area (Å²) in [6.07, 6.45) is 0.602. The number of phenolic OH excluding ortho intramolecular Hbond substituents is 2. The molecule has 0 saturated carbocycles. The minimum Gasteiger partial charge on any atom is -0.504 e. The van der Waals surface area contributed by atoms with Crippen LogP contribution in [-0.4, -0.2) is 36.6 Å². The molecule has 0 atom stereocenters. The van der Waals surface area contributed by atoms with Crippen LogP contribution in [0.3, 0.4) is 0 Å². The molecule has 1 rings (SSSR count). The summed E-state index contributed by atoms with van der Waals surface area (Å²) < 4.78 is 8.88. The molecule has 98 valence electrons. The lowest BCUT2D eigenvalue weighted by Crippen LogP contribution is -2.10. The minimum absolute atomic E-state index is 0.129. The molecule has 0 fully saturated rings. The molecule has 0 radical (unpaired) electrons. The van der Waals surface area contributed by atoms with E-state index in [2.05, 4.69) is 0 Å². The highest BCUT2D eigenvalue weighted by molar-refractivity contribution is 7.45. The van der Waals surface area contributed by atoms with Gasteiger partial charge in [0.05, 0.1) is 0 Å². The van der Waals surface area contributed by atoms with Crippen LogP contribution < -0.4 is 5.48 Å². The second kappa shape index (κ2) is 7.23. The highest BCUT2D eigenvalue weighted by Crippen LogP contribution is 2.26. The number of nitrogens with one attached hydrogen (secondary N) is 1. The lowest BCUT2D eigenvalue weighted by Gasteiger charge is -2.01. The van der Waals surface area contributed by atoms with Crippen LogP contribution in [0.5, 0.6) is 11.5 Å². The molecule has 0 unspecified atom stereocenters. The number of hydrogen-bond acceptors (Lipinski definition) is 5. The zero-order valence-corrected chi connectivity index (χ0v) is 9.58. The molecular formula is C8H14NO7P. The monoisotopic (exact) mass is 267 g/mol. The van der Waals surface area contributed by atoms with Gasteiger partial charge >= 0.3 is 7.82 Å². The Bertz CT molecular complexity index is 383. The Labute approximate surface area is 97.0 Å². The molecule has 0 aromatic heterocycles. The largest absolute Gasteiger partial charge is 0.504 e. The molecule has 0 aliphatic heterocycles. The summed E-state index contributed by atoms with van der Waals surface area (Å²) in [4.78, 5) is 21.6. The second-order valence-electron chi connectivity index (χ2n) is 2.99. The predicted molar refractivity (Wildman–Crippen MR) is 57.5 cm³/mol. The summed E-state index contributed by atoms with van der Waals surface area (Å²) in [5.74, 6) is -0.263. The van der Waals surface area contributed by atoms with Gasteiger partial charge in [-0.05, 0) is 24.1 Å². The summed E-state index contributed by atoms with van der Waals surface area (Å²) in [5.41, 5.74) is 2.86. The van der Waals surface area contributed by atoms with E-state index in [1.165, 1.54) is 12.1 Å². The van der Waals surface area contributed by atoms with Crippen molar-refractivity contribution in [1.82, 2.24) is 5.48 Å². The van der Waals surface area contributed by atoms with Gasteiger partial charge in [-0.3, -0.25) is 0 Å². The number of phosphoric acid groups is 1. The van der Waals surface area contributed by atoms with Gasteiger partial charge in [-0.1, -0.05) is 6.07 Å². The predicted octanol–water partition coefficient (Wildman–Crippen LogP) is -0.310. The first-order chi connectivity index (χ1) is 7.74. The van der Waals surface area contributed by atoms with Gasteiger partial charge in [-0.25, -0.2) is 10.0 Å². The van der Waals surface area contributed by atoms with E-state index in [1.807, 2.05) is 5.48 Å². The molecular weight excluding hydrogens is 253 g/mol. The first kappa shape index (κ1) is 15.9. The first-order valence-corrected chi connectivity index (χ1v) is 5.96. The average Bonchev–Trinajstić information content (AvgIpc) is 2.17. The van der Waals surface area contributed by atoms with Crippen LogP contribution in [0.15, 0.2) is 18.2 Å². The smallest absolute Gasteiger partial charge is 0.466 e. The standard InChI is InChI=1S/C8H11NO3.H3O4P/c10-7-2-1-6(3-4-9-12)5-8(7)11;1-5(2,3)4/h1-2,5,9-12H,3-4H2;(H3,1,2,3,4). The van der Waals surface area contributed by atoms with Crippen molar-refractivity contribution in [1.29, 1.82) is 0 Å². The quantitative estimate of drug-likeness (QED) is 0.224. The molecule has 1 aromatic carbocycles. The summed E-state index contributed by atoms with van der Waals surface area (Å²) in [5, 5.41) is 26.3. The molecule has 0 saturated heterocycles. The third-order valence-corrected chi connectivity index (χ3v) is 1.57. The Morgan fingerprint density at radius 1 is 1.12 bits per heavy atom. The molecule has 0 bridgehead atoms. The van der Waals surface area contributed by atoms with Crippen molar-refractivity contribution >= 4 is 7.82 Å². The van der Waals surface area contributed by atoms with Crippen LogP contribution >= 0.6 is 7.82 Å². The topological polar surface area (TPSA) is 150 Å². The Kier molecular flexibility index (Phi) is 6.74. The number of rotatable bonds is 3. The summed E-state index contributed by atoms with van der Waals surface area (Å²) in [6, 6.07) is 4.57. The normalized spacial score (nSPS) is 10.6. The maximum absolute atomic E-state index is 9.07. The van der Waals surface area contributed by atoms with Gasteiger partial charge in [-0.2, -0.15) is 0 Å². The Morgan fingerprint density at radius 3 is 2.06 bits per heavy atom. The van der Waals surface area contributed by atoms with Crippen LogP contribution in [0, 0.1) is 0 Å². The fraction of sp³-hybridized carbons (Fsp3) is 0.250. The Balaban J connectivity index is 0.000000437. The maximum Gasteiger partial charge on any atom is 0.466 e. The number of aromatic hydroxyl groups is 2. The van der Waals surface area contributed by atoms with Crippen LogP contribution in [0.4, 0.5) is 0 Å². The number of hydroxylamine groups is 1. The third-order valence-electron chi connectivity index (χ3n) is 1.57. The van der Waals surface area contributed by atoms with Crippen molar-refractivity contribution in [3.8, 4) is 11.5 Å². The van der Waals surface area contributed by atoms with Gasteiger partial charge in [0.15, 0.2) is 11.5 Å². The molecule has 0 aliphatic rings. The van der Waals surface area contributed by atoms with E-state index in [9.17, 15) is 0 Å². The Hall–Kier alpha value is -1.15. The van der Waals surface area contributed by atoms with Crippen molar-refractivity contribution < 1.29 is 34.7 Å². The highest BCUT2D eigenvalue weighted by Gasteiger charge is 2.00. The lowest BCUT2D eigenvalue weighted by molar-refractivity contribution is 0.168. The molecule has 7 N–H and O–H groups in total. The van der Waals surface area contributed by atoms with Crippen LogP contribution in [0.1, 0.15) is 5.56 Å². The van der Waals surface area contributed by atoms with Crippen molar-refractivity contribution in [2.75, 3.05) is 6.54 Å². The molecule has 0 heterocycles. The van der Waals surface area contributed by atoms with Crippen molar-refractivity contribution in [2.45, 2.75) is 6.42 Å². The summed E-state index contributed by atoms with van der Waals surface area (Å²) >= 11 is 0. The van der Waals surface area contributed by atoms with E-state index in [1.54, 1.807) is 6.07 Å². The SMILES string of the molecule is O=P(O)(O)O.ONCCc1ccc(O)c(O)c1. The molecule has 0 spiro atoms. The molecule has 8 nitrogen and oxygen atoms in total. The van der Waals surface area contributed by atoms with Gasteiger partial charge in [0.25, 0.3) is 0 Å². The summed E-state index contributed by atoms with van der Waals surface area (Å²) in [6.45, 7) is 0.421. The van der Waals surface area contributed by atoms with E-state index < -0.39 is 7.82 Å². The second-order valence-corrected chi connectivity index (χ2v) is 4.02. The lowest BCUT2D eigenvalue weighted by atomic mass is 10.1. The van der Waals surface area contributed by atoms with Crippen LogP contribution in [0.2, 0.25) is 0 Å². The number of phenols is 2. The number of hydrogen-bond donors (Lipinski definition) is 7. The molecule has 17 heavy (non-hydrogen) atoms. The molecule has 1 aromatic rings. The minimum atomic E-state index is -4.64. The van der Waals surface area contributed by atoms with E-state index in [4.69, 9.17) is 34.7 Å². The fourth-order valence-corrected chi connectivity index (χ4v) is 0.925. The van der Waals surface area contributed by atoms with Gasteiger partial charge < -0.3 is 30.1 Å². The maximum atomic E-state index is 9.07. The van der Waals surface area contributed by atoms with Crippen LogP contribution in [0.25, 0.3) is 0 Å². The van der Waals surface area contributed by atoms with Crippen LogP contribution in [-0.2, 0) is 11.0 Å². The van der Waals surface area contributed by atoms with E-state index in [-0.39, 0.29) is 11.5 Å². The fourth-order valence-electron chi connectivity index (χ4n) is 0.925. The zero-order valence-electron chi connectivity index (χ0n) is 8.69. The van der Waals surface area contributed by atoms with Gasteiger partial charge in [0.1, 0.15) is 0 Å². The van der Waals surface area contributed by atoms with Crippen molar-refractivity contribution in [3.05, 3.63) is 23.8 Å². The summed E-state index contributed by atoms with van der Waals surface area (Å²) in [7, 11) is -4.64. The van der Waals surface area contributed by atoms with E-state index >= 15 is 0 Å². The molecule has 9 heteroatoms. The third kappa shape index (κ3) is 9.76. The highest BCUT2D eigenvalue weighted by atomic mass is 31.2. The molecule has 0 amide bonds. The average molecular weight is 267 g/mol. The zero-order chi connectivity index (χ0) is 13.5.